The van der Waals surface area contributed by atoms with Crippen molar-refractivity contribution in [2.45, 2.75) is 52.8 Å². The number of nitrogens with two attached hydrogens (primary N) is 1. The molecular formula is C25H33F3N6O2. The second kappa shape index (κ2) is 10.7. The first-order chi connectivity index (χ1) is 16.8. The molecule has 1 aromatic carbocycles. The fourth-order valence-electron chi connectivity index (χ4n) is 4.35. The topological polar surface area (TPSA) is 98.1 Å². The van der Waals surface area contributed by atoms with Crippen molar-refractivity contribution >= 4 is 17.8 Å². The Kier molecular flexibility index (Phi) is 8.10. The molecule has 1 aliphatic rings. The number of ether oxygens (including phenoxy) is 1. The van der Waals surface area contributed by atoms with Crippen LogP contribution in [0.5, 0.6) is 5.75 Å². The van der Waals surface area contributed by atoms with Crippen molar-refractivity contribution in [3.8, 4) is 11.4 Å². The van der Waals surface area contributed by atoms with E-state index in [0.29, 0.717) is 24.2 Å². The Bertz CT molecular complexity index is 1130. The molecule has 1 amide bonds. The number of hydrogen-bond acceptors (Lipinski definition) is 6. The minimum atomic E-state index is -4.48. The lowest BCUT2D eigenvalue weighted by molar-refractivity contribution is -0.161. The predicted molar refractivity (Wildman–Crippen MR) is 133 cm³/mol. The Labute approximate surface area is 209 Å². The van der Waals surface area contributed by atoms with Gasteiger partial charge in [0.25, 0.3) is 0 Å². The fraction of sp³-hybridized carbons (Fsp3) is 0.520. The fourth-order valence-corrected chi connectivity index (χ4v) is 4.35. The van der Waals surface area contributed by atoms with Gasteiger partial charge in [-0.15, -0.1) is 0 Å². The second-order valence-corrected chi connectivity index (χ2v) is 10.1. The SMILES string of the molecule is COc1cc(C(C=NC2CC(C(C)(C)C)CCN(CC(F)(F)F)C2=O)=NN)ccc1-n1cnc(C)c1. The van der Waals surface area contributed by atoms with Crippen LogP contribution in [0, 0.1) is 18.3 Å². The molecule has 2 heterocycles. The van der Waals surface area contributed by atoms with Gasteiger partial charge in [0.1, 0.15) is 24.0 Å². The van der Waals surface area contributed by atoms with Gasteiger partial charge >= 0.3 is 6.18 Å². The summed E-state index contributed by atoms with van der Waals surface area (Å²) in [5, 5.41) is 3.81. The largest absolute Gasteiger partial charge is 0.495 e. The third-order valence-electron chi connectivity index (χ3n) is 6.43. The lowest BCUT2D eigenvalue weighted by Crippen LogP contribution is -2.42. The monoisotopic (exact) mass is 506 g/mol. The summed E-state index contributed by atoms with van der Waals surface area (Å²) in [6, 6.07) is 4.34. The highest BCUT2D eigenvalue weighted by Gasteiger charge is 2.40. The van der Waals surface area contributed by atoms with Crippen molar-refractivity contribution in [2.24, 2.45) is 27.3 Å². The number of carbonyl (C=O) groups excluding carboxylic acids is 1. The molecule has 8 nitrogen and oxygen atoms in total. The second-order valence-electron chi connectivity index (χ2n) is 10.1. The van der Waals surface area contributed by atoms with E-state index in [1.54, 1.807) is 18.5 Å². The van der Waals surface area contributed by atoms with Crippen molar-refractivity contribution in [1.29, 1.82) is 0 Å². The number of aromatic nitrogens is 2. The van der Waals surface area contributed by atoms with Crippen LogP contribution in [0.2, 0.25) is 0 Å². The molecule has 3 rings (SSSR count). The minimum Gasteiger partial charge on any atom is -0.495 e. The molecule has 2 aromatic rings. The van der Waals surface area contributed by atoms with E-state index in [2.05, 4.69) is 15.1 Å². The van der Waals surface area contributed by atoms with Crippen molar-refractivity contribution in [2.75, 3.05) is 20.2 Å². The highest BCUT2D eigenvalue weighted by molar-refractivity contribution is 6.38. The van der Waals surface area contributed by atoms with Crippen LogP contribution in [0.4, 0.5) is 13.2 Å². The lowest BCUT2D eigenvalue weighted by Gasteiger charge is -2.30. The Balaban J connectivity index is 1.90. The standard InChI is InChI=1S/C25H33F3N6O2/c1-16-13-34(15-31-16)21-7-6-17(10-22(21)36-5)20(32-29)12-30-19-11-18(24(2,3)4)8-9-33(23(19)35)14-25(26,27)28/h6-7,10,12-13,15,18-19H,8-9,11,14,29H2,1-5H3. The van der Waals surface area contributed by atoms with Crippen LogP contribution in [-0.4, -0.2) is 64.7 Å². The van der Waals surface area contributed by atoms with E-state index >= 15 is 0 Å². The van der Waals surface area contributed by atoms with Crippen LogP contribution in [0.15, 0.2) is 40.8 Å². The van der Waals surface area contributed by atoms with E-state index in [4.69, 9.17) is 10.6 Å². The molecule has 1 fully saturated rings. The first kappa shape index (κ1) is 27.2. The molecule has 0 aliphatic carbocycles. The molecule has 1 aromatic heterocycles. The maximum atomic E-state index is 13.1. The summed E-state index contributed by atoms with van der Waals surface area (Å²) in [7, 11) is 1.53. The van der Waals surface area contributed by atoms with E-state index in [1.807, 2.05) is 44.5 Å². The lowest BCUT2D eigenvalue weighted by atomic mass is 9.76. The van der Waals surface area contributed by atoms with Gasteiger partial charge in [0.15, 0.2) is 0 Å². The number of alkyl halides is 3. The van der Waals surface area contributed by atoms with E-state index in [0.717, 1.165) is 16.3 Å². The molecule has 0 bridgehead atoms. The molecule has 2 atom stereocenters. The van der Waals surface area contributed by atoms with Gasteiger partial charge in [0, 0.05) is 18.3 Å². The third kappa shape index (κ3) is 6.64. The highest BCUT2D eigenvalue weighted by atomic mass is 19.4. The number of amides is 1. The first-order valence-corrected chi connectivity index (χ1v) is 11.7. The van der Waals surface area contributed by atoms with Crippen LogP contribution in [-0.2, 0) is 4.79 Å². The van der Waals surface area contributed by atoms with E-state index in [-0.39, 0.29) is 23.6 Å². The van der Waals surface area contributed by atoms with Crippen molar-refractivity contribution in [3.63, 3.8) is 0 Å². The summed E-state index contributed by atoms with van der Waals surface area (Å²) in [5.74, 6) is 5.54. The van der Waals surface area contributed by atoms with E-state index < -0.39 is 24.7 Å². The summed E-state index contributed by atoms with van der Waals surface area (Å²) < 4.78 is 46.8. The van der Waals surface area contributed by atoms with Crippen molar-refractivity contribution < 1.29 is 22.7 Å². The zero-order valence-electron chi connectivity index (χ0n) is 21.2. The molecular weight excluding hydrogens is 473 g/mol. The number of hydrogen-bond donors (Lipinski definition) is 1. The highest BCUT2D eigenvalue weighted by Crippen LogP contribution is 2.36. The Morgan fingerprint density at radius 1 is 1.31 bits per heavy atom. The van der Waals surface area contributed by atoms with Crippen LogP contribution in [0.25, 0.3) is 5.69 Å². The molecule has 36 heavy (non-hydrogen) atoms. The zero-order valence-corrected chi connectivity index (χ0v) is 21.2. The van der Waals surface area contributed by atoms with Crippen LogP contribution >= 0.6 is 0 Å². The number of aliphatic imine (C=N–C) groups is 1. The average Bonchev–Trinajstić information content (AvgIpc) is 3.16. The average molecular weight is 507 g/mol. The Morgan fingerprint density at radius 2 is 2.03 bits per heavy atom. The van der Waals surface area contributed by atoms with Gasteiger partial charge in [-0.1, -0.05) is 26.8 Å². The summed E-state index contributed by atoms with van der Waals surface area (Å²) in [6.07, 6.45) is 1.21. The number of halogens is 3. The molecule has 196 valence electrons. The molecule has 0 radical (unpaired) electrons. The molecule has 1 saturated heterocycles. The number of carbonyl (C=O) groups is 1. The number of rotatable bonds is 6. The van der Waals surface area contributed by atoms with Crippen LogP contribution in [0.1, 0.15) is 44.9 Å². The maximum Gasteiger partial charge on any atom is 0.406 e. The van der Waals surface area contributed by atoms with Crippen LogP contribution < -0.4 is 10.6 Å². The van der Waals surface area contributed by atoms with Gasteiger partial charge in [-0.2, -0.15) is 18.3 Å². The molecule has 0 saturated carbocycles. The van der Waals surface area contributed by atoms with Gasteiger partial charge in [0.05, 0.1) is 31.0 Å². The van der Waals surface area contributed by atoms with Crippen molar-refractivity contribution in [3.05, 3.63) is 42.0 Å². The van der Waals surface area contributed by atoms with Gasteiger partial charge in [-0.25, -0.2) is 4.98 Å². The van der Waals surface area contributed by atoms with E-state index in [9.17, 15) is 18.0 Å². The number of methoxy groups -OCH3 is 1. The number of benzene rings is 1. The normalized spacial score (nSPS) is 20.2. The summed E-state index contributed by atoms with van der Waals surface area (Å²) in [6.45, 7) is 6.68. The minimum absolute atomic E-state index is 0.0121. The summed E-state index contributed by atoms with van der Waals surface area (Å²) >= 11 is 0. The van der Waals surface area contributed by atoms with Gasteiger partial charge in [0.2, 0.25) is 5.91 Å². The Morgan fingerprint density at radius 3 is 2.58 bits per heavy atom. The number of likely N-dealkylation sites (tertiary alicyclic amines) is 1. The van der Waals surface area contributed by atoms with Crippen LogP contribution in [0.3, 0.4) is 0 Å². The van der Waals surface area contributed by atoms with Gasteiger partial charge in [-0.05, 0) is 43.2 Å². The smallest absolute Gasteiger partial charge is 0.406 e. The first-order valence-electron chi connectivity index (χ1n) is 11.7. The Hall–Kier alpha value is -3.37. The third-order valence-corrected chi connectivity index (χ3v) is 6.43. The molecule has 2 N–H and O–H groups in total. The van der Waals surface area contributed by atoms with Gasteiger partial charge < -0.3 is 20.0 Å². The molecule has 0 spiro atoms. The predicted octanol–water partition coefficient (Wildman–Crippen LogP) is 4.14. The number of imidazole rings is 1. The van der Waals surface area contributed by atoms with E-state index in [1.165, 1.54) is 13.3 Å². The van der Waals surface area contributed by atoms with Gasteiger partial charge in [-0.3, -0.25) is 9.79 Å². The molecule has 2 unspecified atom stereocenters. The summed E-state index contributed by atoms with van der Waals surface area (Å²) in [5.41, 5.74) is 2.26. The maximum absolute atomic E-state index is 13.1. The molecule has 11 heteroatoms. The summed E-state index contributed by atoms with van der Waals surface area (Å²) in [4.78, 5) is 22.5. The van der Waals surface area contributed by atoms with Crippen molar-refractivity contribution in [1.82, 2.24) is 14.5 Å². The molecule has 1 aliphatic heterocycles. The number of nitrogens with zero attached hydrogens (tertiary/aromatic N) is 5. The quantitative estimate of drug-likeness (QED) is 0.362. The zero-order chi connectivity index (χ0) is 26.7. The number of aryl methyl sites for hydroxylation is 1. The number of hydrazone groups is 1.